The van der Waals surface area contributed by atoms with Gasteiger partial charge < -0.3 is 20.3 Å². The smallest absolute Gasteiger partial charge is 0.352 e. The highest BCUT2D eigenvalue weighted by molar-refractivity contribution is 8.00. The molecule has 3 rings (SSSR count). The molecule has 8 nitrogen and oxygen atoms in total. The van der Waals surface area contributed by atoms with Crippen LogP contribution in [0.2, 0.25) is 0 Å². The van der Waals surface area contributed by atoms with Crippen molar-refractivity contribution in [2.45, 2.75) is 36.5 Å². The number of carbonyl (C=O) groups is 3. The molecule has 0 spiro atoms. The van der Waals surface area contributed by atoms with Crippen molar-refractivity contribution in [2.24, 2.45) is 5.73 Å². The Hall–Kier alpha value is -1.58. The lowest BCUT2D eigenvalue weighted by Gasteiger charge is -2.48. The summed E-state index contributed by atoms with van der Waals surface area (Å²) in [6.45, 7) is 0. The first-order chi connectivity index (χ1) is 10.5. The number of hydrogen-bond donors (Lipinski definition) is 2. The number of carboxylic acid groups (broad SMARTS) is 1. The van der Waals surface area contributed by atoms with Gasteiger partial charge >= 0.3 is 11.9 Å². The van der Waals surface area contributed by atoms with Gasteiger partial charge in [-0.2, -0.15) is 0 Å². The van der Waals surface area contributed by atoms with Crippen molar-refractivity contribution in [3.8, 4) is 0 Å². The molecule has 2 unspecified atom stereocenters. The number of carboxylic acids is 1. The maximum atomic E-state index is 11.9. The largest absolute Gasteiger partial charge is 0.477 e. The molecule has 0 aliphatic carbocycles. The molecular weight excluding hydrogens is 312 g/mol. The number of fused-ring (bicyclic) bond motifs is 1. The minimum absolute atomic E-state index is 0.0500. The number of esters is 1. The topological polar surface area (TPSA) is 119 Å². The van der Waals surface area contributed by atoms with Crippen molar-refractivity contribution in [1.29, 1.82) is 0 Å². The van der Waals surface area contributed by atoms with E-state index in [1.54, 1.807) is 0 Å². The lowest BCUT2D eigenvalue weighted by atomic mass is 9.99. The average Bonchev–Trinajstić information content (AvgIpc) is 3.01. The van der Waals surface area contributed by atoms with Crippen LogP contribution in [-0.2, 0) is 23.9 Å². The van der Waals surface area contributed by atoms with Crippen LogP contribution in [0, 0.1) is 0 Å². The van der Waals surface area contributed by atoms with Crippen molar-refractivity contribution in [3.63, 3.8) is 0 Å². The zero-order valence-corrected chi connectivity index (χ0v) is 12.7. The van der Waals surface area contributed by atoms with E-state index >= 15 is 0 Å². The predicted molar refractivity (Wildman–Crippen MR) is 75.6 cm³/mol. The fourth-order valence-corrected chi connectivity index (χ4v) is 4.34. The van der Waals surface area contributed by atoms with Crippen molar-refractivity contribution in [2.75, 3.05) is 12.9 Å². The number of methoxy groups -OCH3 is 1. The summed E-state index contributed by atoms with van der Waals surface area (Å²) in [7, 11) is 1.28. The first kappa shape index (κ1) is 15.3. The molecule has 0 saturated carbocycles. The molecule has 3 heterocycles. The van der Waals surface area contributed by atoms with E-state index in [0.717, 1.165) is 0 Å². The van der Waals surface area contributed by atoms with Crippen LogP contribution in [0.25, 0.3) is 0 Å². The molecule has 9 heteroatoms. The van der Waals surface area contributed by atoms with Crippen LogP contribution >= 0.6 is 11.8 Å². The minimum atomic E-state index is -1.18. The van der Waals surface area contributed by atoms with E-state index in [9.17, 15) is 19.5 Å². The normalized spacial score (nSPS) is 34.3. The van der Waals surface area contributed by atoms with Crippen molar-refractivity contribution in [3.05, 3.63) is 11.3 Å². The third kappa shape index (κ3) is 2.20. The van der Waals surface area contributed by atoms with Crippen molar-refractivity contribution in [1.82, 2.24) is 4.90 Å². The summed E-state index contributed by atoms with van der Waals surface area (Å²) >= 11 is 1.42. The van der Waals surface area contributed by atoms with Gasteiger partial charge in [-0.1, -0.05) is 0 Å². The summed E-state index contributed by atoms with van der Waals surface area (Å²) < 4.78 is 10.3. The standard InChI is InChI=1S/C13H16N2O6S/c1-20-13(19)7-3-2-6(21-7)5-4-22-11-8(14)10(16)15(11)9(5)12(17)18/h6-8,11H,2-4,14H2,1H3,(H,17,18)/t6?,7?,8-,11-/m1/s1. The number of β-lactam (4-membered cyclic amide) rings is 1. The minimum Gasteiger partial charge on any atom is -0.477 e. The highest BCUT2D eigenvalue weighted by atomic mass is 32.2. The molecule has 0 bridgehead atoms. The summed E-state index contributed by atoms with van der Waals surface area (Å²) in [6.07, 6.45) is -0.191. The van der Waals surface area contributed by atoms with E-state index in [2.05, 4.69) is 4.74 Å². The van der Waals surface area contributed by atoms with Gasteiger partial charge in [0.25, 0.3) is 0 Å². The molecule has 0 radical (unpaired) electrons. The second-order valence-electron chi connectivity index (χ2n) is 5.33. The molecule has 3 aliphatic rings. The number of amides is 1. The molecule has 3 N–H and O–H groups in total. The Morgan fingerprint density at radius 3 is 2.82 bits per heavy atom. The Kier molecular flexibility index (Phi) is 3.87. The number of nitrogens with zero attached hydrogens (tertiary/aromatic N) is 1. The van der Waals surface area contributed by atoms with Crippen molar-refractivity contribution >= 4 is 29.6 Å². The maximum Gasteiger partial charge on any atom is 0.352 e. The Bertz CT molecular complexity index is 577. The van der Waals surface area contributed by atoms with Gasteiger partial charge in [0.15, 0.2) is 6.10 Å². The van der Waals surface area contributed by atoms with E-state index in [0.29, 0.717) is 24.2 Å². The van der Waals surface area contributed by atoms with Gasteiger partial charge in [-0.3, -0.25) is 9.69 Å². The zero-order valence-electron chi connectivity index (χ0n) is 11.9. The van der Waals surface area contributed by atoms with Gasteiger partial charge in [-0.25, -0.2) is 9.59 Å². The Morgan fingerprint density at radius 2 is 2.18 bits per heavy atom. The molecule has 22 heavy (non-hydrogen) atoms. The molecule has 2 fully saturated rings. The van der Waals surface area contributed by atoms with Crippen LogP contribution in [-0.4, -0.2) is 64.3 Å². The first-order valence-corrected chi connectivity index (χ1v) is 7.90. The molecular formula is C13H16N2O6S. The molecule has 2 saturated heterocycles. The number of nitrogens with two attached hydrogens (primary N) is 1. The van der Waals surface area contributed by atoms with Crippen LogP contribution in [0.3, 0.4) is 0 Å². The Morgan fingerprint density at radius 1 is 1.45 bits per heavy atom. The first-order valence-electron chi connectivity index (χ1n) is 6.85. The molecule has 120 valence electrons. The summed E-state index contributed by atoms with van der Waals surface area (Å²) in [5.74, 6) is -1.62. The lowest BCUT2D eigenvalue weighted by molar-refractivity contribution is -0.152. The van der Waals surface area contributed by atoms with Gasteiger partial charge in [0.05, 0.1) is 13.2 Å². The summed E-state index contributed by atoms with van der Waals surface area (Å²) in [5, 5.41) is 9.13. The molecule has 0 aromatic heterocycles. The molecule has 3 aliphatic heterocycles. The van der Waals surface area contributed by atoms with Crippen molar-refractivity contribution < 1.29 is 29.0 Å². The van der Waals surface area contributed by atoms with E-state index < -0.39 is 36.1 Å². The Balaban J connectivity index is 1.87. The number of thioether (sulfide) groups is 1. The third-order valence-electron chi connectivity index (χ3n) is 4.11. The van der Waals surface area contributed by atoms with E-state index in [4.69, 9.17) is 10.5 Å². The quantitative estimate of drug-likeness (QED) is 0.515. The van der Waals surface area contributed by atoms with Gasteiger partial charge in [0, 0.05) is 5.75 Å². The maximum absolute atomic E-state index is 11.9. The number of ether oxygens (including phenoxy) is 2. The van der Waals surface area contributed by atoms with Crippen LogP contribution in [0.1, 0.15) is 12.8 Å². The fourth-order valence-electron chi connectivity index (χ4n) is 2.98. The second kappa shape index (κ2) is 5.56. The summed E-state index contributed by atoms with van der Waals surface area (Å²) in [4.78, 5) is 36.2. The molecule has 0 aromatic rings. The Labute approximate surface area is 130 Å². The van der Waals surface area contributed by atoms with Crippen LogP contribution in [0.5, 0.6) is 0 Å². The highest BCUT2D eigenvalue weighted by Crippen LogP contribution is 2.42. The SMILES string of the molecule is COC(=O)C1CCC(C2=C(C(=O)O)N3C(=O)[C@@H](N)[C@H]3SC2)O1. The van der Waals surface area contributed by atoms with Gasteiger partial charge in [-0.15, -0.1) is 11.8 Å². The van der Waals surface area contributed by atoms with E-state index in [-0.39, 0.29) is 11.1 Å². The molecule has 4 atom stereocenters. The van der Waals surface area contributed by atoms with Crippen LogP contribution in [0.15, 0.2) is 11.3 Å². The third-order valence-corrected chi connectivity index (χ3v) is 5.44. The molecule has 1 amide bonds. The van der Waals surface area contributed by atoms with Crippen LogP contribution < -0.4 is 5.73 Å². The van der Waals surface area contributed by atoms with Gasteiger partial charge in [0.2, 0.25) is 5.91 Å². The number of aliphatic carboxylic acids is 1. The lowest BCUT2D eigenvalue weighted by Crippen LogP contribution is -2.68. The zero-order chi connectivity index (χ0) is 16.0. The number of rotatable bonds is 3. The number of hydrogen-bond acceptors (Lipinski definition) is 7. The van der Waals surface area contributed by atoms with Crippen LogP contribution in [0.4, 0.5) is 0 Å². The van der Waals surface area contributed by atoms with E-state index in [1.165, 1.54) is 23.8 Å². The monoisotopic (exact) mass is 328 g/mol. The fraction of sp³-hybridized carbons (Fsp3) is 0.615. The van der Waals surface area contributed by atoms with E-state index in [1.807, 2.05) is 0 Å². The molecule has 0 aromatic carbocycles. The van der Waals surface area contributed by atoms with Gasteiger partial charge in [-0.05, 0) is 18.4 Å². The summed E-state index contributed by atoms with van der Waals surface area (Å²) in [5.41, 5.74) is 6.18. The summed E-state index contributed by atoms with van der Waals surface area (Å²) in [6, 6.07) is -0.659. The average molecular weight is 328 g/mol. The predicted octanol–water partition coefficient (Wildman–Crippen LogP) is -0.712. The highest BCUT2D eigenvalue weighted by Gasteiger charge is 2.53. The van der Waals surface area contributed by atoms with Gasteiger partial charge in [0.1, 0.15) is 17.1 Å². The second-order valence-corrected chi connectivity index (χ2v) is 6.43. The number of carbonyl (C=O) groups excluding carboxylic acids is 2.